The molecule has 0 amide bonds. The maximum absolute atomic E-state index is 5.26. The highest BCUT2D eigenvalue weighted by molar-refractivity contribution is 5.86. The number of fused-ring (bicyclic) bond motifs is 1. The summed E-state index contributed by atoms with van der Waals surface area (Å²) in [6, 6.07) is 5.86. The molecule has 7 nitrogen and oxygen atoms in total. The van der Waals surface area contributed by atoms with E-state index < -0.39 is 0 Å². The zero-order valence-electron chi connectivity index (χ0n) is 12.1. The first kappa shape index (κ1) is 13.2. The maximum Gasteiger partial charge on any atom is 0.226 e. The summed E-state index contributed by atoms with van der Waals surface area (Å²) in [5.74, 6) is 2.04. The standard InChI is InChI=1S/C14H16N6O/c1-8-6-9(4-5-10(8)21-3)18-13-11-12(17-7-16-11)19-14(15-2)20-13/h4-7H,1-3H3,(H3,15,16,17,18,19,20). The number of nitrogens with one attached hydrogen (secondary N) is 3. The summed E-state index contributed by atoms with van der Waals surface area (Å²) in [6.07, 6.45) is 1.60. The lowest BCUT2D eigenvalue weighted by Gasteiger charge is -2.10. The van der Waals surface area contributed by atoms with Crippen LogP contribution in [0.2, 0.25) is 0 Å². The number of anilines is 3. The molecule has 3 rings (SSSR count). The van der Waals surface area contributed by atoms with Gasteiger partial charge in [-0.2, -0.15) is 9.97 Å². The quantitative estimate of drug-likeness (QED) is 0.682. The van der Waals surface area contributed by atoms with E-state index in [0.717, 1.165) is 22.5 Å². The molecule has 0 saturated carbocycles. The number of benzene rings is 1. The first-order valence-corrected chi connectivity index (χ1v) is 6.52. The minimum absolute atomic E-state index is 0.516. The number of nitrogens with zero attached hydrogens (tertiary/aromatic N) is 3. The summed E-state index contributed by atoms with van der Waals surface area (Å²) in [6.45, 7) is 1.99. The van der Waals surface area contributed by atoms with Crippen molar-refractivity contribution >= 4 is 28.6 Å². The van der Waals surface area contributed by atoms with E-state index in [2.05, 4.69) is 30.6 Å². The van der Waals surface area contributed by atoms with Crippen molar-refractivity contribution in [3.05, 3.63) is 30.1 Å². The molecule has 1 aromatic carbocycles. The zero-order valence-corrected chi connectivity index (χ0v) is 12.1. The summed E-state index contributed by atoms with van der Waals surface area (Å²) in [5.41, 5.74) is 3.35. The fourth-order valence-electron chi connectivity index (χ4n) is 2.13. The molecule has 0 fully saturated rings. The lowest BCUT2D eigenvalue weighted by molar-refractivity contribution is 0.412. The molecule has 108 valence electrons. The minimum Gasteiger partial charge on any atom is -0.496 e. The van der Waals surface area contributed by atoms with Crippen LogP contribution in [0.25, 0.3) is 11.2 Å². The van der Waals surface area contributed by atoms with Gasteiger partial charge in [0.25, 0.3) is 0 Å². The largest absolute Gasteiger partial charge is 0.496 e. The Bertz CT molecular complexity index is 782. The lowest BCUT2D eigenvalue weighted by Crippen LogP contribution is -2.02. The number of hydrogen-bond acceptors (Lipinski definition) is 6. The van der Waals surface area contributed by atoms with Crippen molar-refractivity contribution in [1.82, 2.24) is 19.9 Å². The number of imidazole rings is 1. The fraction of sp³-hybridized carbons (Fsp3) is 0.214. The van der Waals surface area contributed by atoms with Gasteiger partial charge in [0.05, 0.1) is 13.4 Å². The molecule has 3 N–H and O–H groups in total. The van der Waals surface area contributed by atoms with Crippen LogP contribution >= 0.6 is 0 Å². The molecule has 0 aliphatic carbocycles. The fourth-order valence-corrected chi connectivity index (χ4v) is 2.13. The Hall–Kier alpha value is -2.83. The van der Waals surface area contributed by atoms with Crippen LogP contribution < -0.4 is 15.4 Å². The highest BCUT2D eigenvalue weighted by atomic mass is 16.5. The molecule has 0 spiro atoms. The smallest absolute Gasteiger partial charge is 0.226 e. The Kier molecular flexibility index (Phi) is 3.31. The average Bonchev–Trinajstić information content (AvgIpc) is 2.96. The van der Waals surface area contributed by atoms with Crippen LogP contribution in [-0.4, -0.2) is 34.1 Å². The van der Waals surface area contributed by atoms with Gasteiger partial charge in [-0.1, -0.05) is 0 Å². The van der Waals surface area contributed by atoms with Gasteiger partial charge in [-0.05, 0) is 30.7 Å². The Morgan fingerprint density at radius 1 is 1.24 bits per heavy atom. The van der Waals surface area contributed by atoms with Crippen molar-refractivity contribution in [2.45, 2.75) is 6.92 Å². The first-order valence-electron chi connectivity index (χ1n) is 6.52. The Morgan fingerprint density at radius 3 is 2.81 bits per heavy atom. The van der Waals surface area contributed by atoms with Crippen LogP contribution in [0.4, 0.5) is 17.5 Å². The van der Waals surface area contributed by atoms with Gasteiger partial charge in [0.2, 0.25) is 5.95 Å². The van der Waals surface area contributed by atoms with Gasteiger partial charge in [-0.3, -0.25) is 0 Å². The minimum atomic E-state index is 0.516. The van der Waals surface area contributed by atoms with E-state index in [9.17, 15) is 0 Å². The second kappa shape index (κ2) is 5.28. The van der Waals surface area contributed by atoms with Gasteiger partial charge >= 0.3 is 0 Å². The maximum atomic E-state index is 5.26. The van der Waals surface area contributed by atoms with Gasteiger partial charge in [0, 0.05) is 12.7 Å². The van der Waals surface area contributed by atoms with Crippen LogP contribution in [0.1, 0.15) is 5.56 Å². The van der Waals surface area contributed by atoms with Crippen molar-refractivity contribution in [2.75, 3.05) is 24.8 Å². The third kappa shape index (κ3) is 2.45. The Morgan fingerprint density at radius 2 is 2.10 bits per heavy atom. The van der Waals surface area contributed by atoms with E-state index in [1.165, 1.54) is 0 Å². The van der Waals surface area contributed by atoms with Gasteiger partial charge < -0.3 is 20.4 Å². The van der Waals surface area contributed by atoms with Crippen molar-refractivity contribution < 1.29 is 4.74 Å². The lowest BCUT2D eigenvalue weighted by atomic mass is 10.2. The van der Waals surface area contributed by atoms with E-state index in [4.69, 9.17) is 4.74 Å². The van der Waals surface area contributed by atoms with Gasteiger partial charge in [0.1, 0.15) is 11.3 Å². The van der Waals surface area contributed by atoms with Gasteiger partial charge in [0.15, 0.2) is 11.5 Å². The summed E-state index contributed by atoms with van der Waals surface area (Å²) in [4.78, 5) is 15.9. The second-order valence-corrected chi connectivity index (χ2v) is 4.56. The molecule has 0 atom stereocenters. The number of aryl methyl sites for hydroxylation is 1. The number of hydrogen-bond donors (Lipinski definition) is 3. The molecule has 0 saturated heterocycles. The van der Waals surface area contributed by atoms with Crippen LogP contribution in [-0.2, 0) is 0 Å². The first-order chi connectivity index (χ1) is 10.2. The van der Waals surface area contributed by atoms with Gasteiger partial charge in [-0.25, -0.2) is 4.98 Å². The summed E-state index contributed by atoms with van der Waals surface area (Å²) < 4.78 is 5.26. The van der Waals surface area contributed by atoms with Crippen molar-refractivity contribution in [2.24, 2.45) is 0 Å². The number of ether oxygens (including phenoxy) is 1. The number of methoxy groups -OCH3 is 1. The van der Waals surface area contributed by atoms with Crippen LogP contribution in [0.15, 0.2) is 24.5 Å². The highest BCUT2D eigenvalue weighted by Crippen LogP contribution is 2.26. The molecule has 3 aromatic rings. The summed E-state index contributed by atoms with van der Waals surface area (Å²) in [5, 5.41) is 6.21. The molecule has 0 unspecified atom stereocenters. The zero-order chi connectivity index (χ0) is 14.8. The van der Waals surface area contributed by atoms with E-state index in [1.807, 2.05) is 25.1 Å². The van der Waals surface area contributed by atoms with E-state index in [1.54, 1.807) is 20.5 Å². The molecule has 21 heavy (non-hydrogen) atoms. The molecule has 2 aromatic heterocycles. The molecule has 0 aliphatic rings. The average molecular weight is 284 g/mol. The van der Waals surface area contributed by atoms with Crippen LogP contribution in [0, 0.1) is 6.92 Å². The molecule has 0 aliphatic heterocycles. The normalized spacial score (nSPS) is 10.6. The molecule has 7 heteroatoms. The Balaban J connectivity index is 2.01. The second-order valence-electron chi connectivity index (χ2n) is 4.56. The molecule has 2 heterocycles. The molecular weight excluding hydrogens is 268 g/mol. The Labute approximate surface area is 121 Å². The van der Waals surface area contributed by atoms with Crippen molar-refractivity contribution in [3.63, 3.8) is 0 Å². The molecular formula is C14H16N6O. The monoisotopic (exact) mass is 284 g/mol. The SMILES string of the molecule is CNc1nc(Nc2ccc(OC)c(C)c2)c2[nH]cnc2n1. The number of aromatic amines is 1. The number of H-pyrrole nitrogens is 1. The third-order valence-electron chi connectivity index (χ3n) is 3.17. The van der Waals surface area contributed by atoms with E-state index >= 15 is 0 Å². The topological polar surface area (TPSA) is 87.8 Å². The highest BCUT2D eigenvalue weighted by Gasteiger charge is 2.10. The summed E-state index contributed by atoms with van der Waals surface area (Å²) >= 11 is 0. The number of aromatic nitrogens is 4. The predicted octanol–water partition coefficient (Wildman–Crippen LogP) is 2.46. The third-order valence-corrected chi connectivity index (χ3v) is 3.17. The van der Waals surface area contributed by atoms with Crippen molar-refractivity contribution in [3.8, 4) is 5.75 Å². The summed E-state index contributed by atoms with van der Waals surface area (Å²) in [7, 11) is 3.43. The van der Waals surface area contributed by atoms with Crippen LogP contribution in [0.3, 0.4) is 0 Å². The van der Waals surface area contributed by atoms with E-state index in [-0.39, 0.29) is 0 Å². The predicted molar refractivity (Wildman–Crippen MR) is 82.2 cm³/mol. The van der Waals surface area contributed by atoms with Crippen LogP contribution in [0.5, 0.6) is 5.75 Å². The van der Waals surface area contributed by atoms with Crippen molar-refractivity contribution in [1.29, 1.82) is 0 Å². The molecule has 0 radical (unpaired) electrons. The van der Waals surface area contributed by atoms with Gasteiger partial charge in [-0.15, -0.1) is 0 Å². The van der Waals surface area contributed by atoms with E-state index in [0.29, 0.717) is 17.4 Å². The number of rotatable bonds is 4. The molecule has 0 bridgehead atoms.